The van der Waals surface area contributed by atoms with Crippen molar-refractivity contribution in [1.82, 2.24) is 4.98 Å². The summed E-state index contributed by atoms with van der Waals surface area (Å²) in [5.41, 5.74) is -0.540. The first-order valence-corrected chi connectivity index (χ1v) is 5.65. The lowest BCUT2D eigenvalue weighted by atomic mass is 10.2. The van der Waals surface area contributed by atoms with Gasteiger partial charge in [-0.3, -0.25) is 0 Å². The van der Waals surface area contributed by atoms with Crippen LogP contribution in [0.15, 0.2) is 11.6 Å². The summed E-state index contributed by atoms with van der Waals surface area (Å²) in [4.78, 5) is 17.2. The molecule has 0 aliphatic rings. The van der Waals surface area contributed by atoms with Gasteiger partial charge in [-0.15, -0.1) is 17.8 Å². The van der Waals surface area contributed by atoms with Crippen molar-refractivity contribution < 1.29 is 9.53 Å². The fraction of sp³-hybridized carbons (Fsp3) is 0.455. The average molecular weight is 238 g/mol. The molecule has 0 N–H and O–H groups in total. The predicted molar refractivity (Wildman–Crippen MR) is 64.5 cm³/mol. The second-order valence-electron chi connectivity index (χ2n) is 4.09. The van der Waals surface area contributed by atoms with Gasteiger partial charge in [0.1, 0.15) is 5.60 Å². The first-order chi connectivity index (χ1) is 7.44. The Bertz CT molecular complexity index is 387. The van der Waals surface area contributed by atoms with Crippen molar-refractivity contribution in [2.75, 3.05) is 11.4 Å². The van der Waals surface area contributed by atoms with Gasteiger partial charge in [-0.05, 0) is 20.8 Å². The first kappa shape index (κ1) is 12.5. The highest BCUT2D eigenvalue weighted by Crippen LogP contribution is 2.19. The number of carbonyl (C=O) groups is 1. The molecule has 86 valence electrons. The first-order valence-electron chi connectivity index (χ1n) is 4.77. The van der Waals surface area contributed by atoms with Crippen molar-refractivity contribution in [3.63, 3.8) is 0 Å². The molecule has 1 amide bonds. The molecular weight excluding hydrogens is 224 g/mol. The van der Waals surface area contributed by atoms with Gasteiger partial charge in [-0.1, -0.05) is 5.92 Å². The Kier molecular flexibility index (Phi) is 3.91. The highest BCUT2D eigenvalue weighted by molar-refractivity contribution is 7.13. The van der Waals surface area contributed by atoms with E-state index in [-0.39, 0.29) is 6.54 Å². The largest absolute Gasteiger partial charge is 0.443 e. The van der Waals surface area contributed by atoms with Crippen molar-refractivity contribution in [3.8, 4) is 12.3 Å². The summed E-state index contributed by atoms with van der Waals surface area (Å²) in [6.45, 7) is 5.57. The van der Waals surface area contributed by atoms with Crippen LogP contribution in [0.1, 0.15) is 20.8 Å². The molecular formula is C11H14N2O2S. The van der Waals surface area contributed by atoms with E-state index in [1.165, 1.54) is 16.2 Å². The van der Waals surface area contributed by atoms with Gasteiger partial charge in [0.25, 0.3) is 0 Å². The molecule has 4 nitrogen and oxygen atoms in total. The van der Waals surface area contributed by atoms with Crippen LogP contribution in [-0.4, -0.2) is 23.2 Å². The van der Waals surface area contributed by atoms with Crippen LogP contribution >= 0.6 is 11.3 Å². The van der Waals surface area contributed by atoms with Crippen molar-refractivity contribution >= 4 is 22.6 Å². The number of carbonyl (C=O) groups excluding carboxylic acids is 1. The lowest BCUT2D eigenvalue weighted by Crippen LogP contribution is -2.37. The molecule has 0 fully saturated rings. The lowest BCUT2D eigenvalue weighted by molar-refractivity contribution is 0.0585. The van der Waals surface area contributed by atoms with Crippen LogP contribution in [0.2, 0.25) is 0 Å². The second kappa shape index (κ2) is 4.99. The Balaban J connectivity index is 2.80. The van der Waals surface area contributed by atoms with Crippen molar-refractivity contribution in [1.29, 1.82) is 0 Å². The molecule has 0 radical (unpaired) electrons. The van der Waals surface area contributed by atoms with Gasteiger partial charge in [0, 0.05) is 11.6 Å². The molecule has 0 saturated heterocycles. The van der Waals surface area contributed by atoms with E-state index in [2.05, 4.69) is 10.9 Å². The van der Waals surface area contributed by atoms with E-state index in [4.69, 9.17) is 11.2 Å². The van der Waals surface area contributed by atoms with Gasteiger partial charge < -0.3 is 4.74 Å². The van der Waals surface area contributed by atoms with Gasteiger partial charge in [-0.25, -0.2) is 14.7 Å². The summed E-state index contributed by atoms with van der Waals surface area (Å²) >= 11 is 1.34. The van der Waals surface area contributed by atoms with Crippen LogP contribution in [0.3, 0.4) is 0 Å². The average Bonchev–Trinajstić information content (AvgIpc) is 2.63. The van der Waals surface area contributed by atoms with Gasteiger partial charge in [0.15, 0.2) is 5.13 Å². The number of ether oxygens (including phenoxy) is 1. The maximum Gasteiger partial charge on any atom is 0.417 e. The quantitative estimate of drug-likeness (QED) is 0.743. The van der Waals surface area contributed by atoms with E-state index < -0.39 is 11.7 Å². The minimum Gasteiger partial charge on any atom is -0.443 e. The van der Waals surface area contributed by atoms with Crippen LogP contribution in [0, 0.1) is 12.3 Å². The van der Waals surface area contributed by atoms with Crippen LogP contribution < -0.4 is 4.90 Å². The summed E-state index contributed by atoms with van der Waals surface area (Å²) in [6, 6.07) is 0. The zero-order chi connectivity index (χ0) is 12.2. The molecule has 0 aliphatic carbocycles. The third kappa shape index (κ3) is 3.55. The Morgan fingerprint density at radius 3 is 2.81 bits per heavy atom. The van der Waals surface area contributed by atoms with E-state index in [0.717, 1.165) is 0 Å². The van der Waals surface area contributed by atoms with Crippen LogP contribution in [-0.2, 0) is 4.74 Å². The third-order valence-electron chi connectivity index (χ3n) is 1.51. The van der Waals surface area contributed by atoms with E-state index in [9.17, 15) is 4.79 Å². The standard InChI is InChI=1S/C11H14N2O2S/c1-5-7-13(9-12-6-8-16-9)10(14)15-11(2,3)4/h1,6,8H,7H2,2-4H3. The molecule has 5 heteroatoms. The van der Waals surface area contributed by atoms with Crippen molar-refractivity contribution in [2.45, 2.75) is 26.4 Å². The van der Waals surface area contributed by atoms with Gasteiger partial charge in [-0.2, -0.15) is 0 Å². The minimum absolute atomic E-state index is 0.155. The van der Waals surface area contributed by atoms with E-state index in [1.807, 2.05) is 0 Å². The monoisotopic (exact) mass is 238 g/mol. The molecule has 0 spiro atoms. The van der Waals surface area contributed by atoms with Gasteiger partial charge >= 0.3 is 6.09 Å². The molecule has 16 heavy (non-hydrogen) atoms. The molecule has 0 atom stereocenters. The number of nitrogens with zero attached hydrogens (tertiary/aromatic N) is 2. The number of amides is 1. The molecule has 1 heterocycles. The highest BCUT2D eigenvalue weighted by Gasteiger charge is 2.24. The minimum atomic E-state index is -0.540. The van der Waals surface area contributed by atoms with Gasteiger partial charge in [0.2, 0.25) is 0 Å². The molecule has 0 bridgehead atoms. The van der Waals surface area contributed by atoms with Crippen molar-refractivity contribution in [3.05, 3.63) is 11.6 Å². The highest BCUT2D eigenvalue weighted by atomic mass is 32.1. The van der Waals surface area contributed by atoms with E-state index in [0.29, 0.717) is 5.13 Å². The molecule has 0 saturated carbocycles. The number of anilines is 1. The topological polar surface area (TPSA) is 42.4 Å². The summed E-state index contributed by atoms with van der Waals surface area (Å²) in [5, 5.41) is 2.33. The summed E-state index contributed by atoms with van der Waals surface area (Å²) in [6.07, 6.45) is 6.36. The SMILES string of the molecule is C#CCN(C(=O)OC(C)(C)C)c1nccs1. The number of terminal acetylenes is 1. The second-order valence-corrected chi connectivity index (χ2v) is 4.96. The molecule has 1 aromatic rings. The number of hydrogen-bond acceptors (Lipinski definition) is 4. The summed E-state index contributed by atoms with van der Waals surface area (Å²) in [5.74, 6) is 2.41. The summed E-state index contributed by atoms with van der Waals surface area (Å²) in [7, 11) is 0. The van der Waals surface area contributed by atoms with Gasteiger partial charge in [0.05, 0.1) is 6.54 Å². The number of aromatic nitrogens is 1. The molecule has 0 unspecified atom stereocenters. The smallest absolute Gasteiger partial charge is 0.417 e. The molecule has 0 aliphatic heterocycles. The Hall–Kier alpha value is -1.54. The van der Waals surface area contributed by atoms with Crippen LogP contribution in [0.25, 0.3) is 0 Å². The zero-order valence-corrected chi connectivity index (χ0v) is 10.4. The molecule has 1 aromatic heterocycles. The Morgan fingerprint density at radius 1 is 1.69 bits per heavy atom. The van der Waals surface area contributed by atoms with E-state index in [1.54, 1.807) is 32.3 Å². The maximum atomic E-state index is 11.8. The zero-order valence-electron chi connectivity index (χ0n) is 9.56. The normalized spacial score (nSPS) is 10.6. The molecule has 1 rings (SSSR count). The molecule has 0 aromatic carbocycles. The Labute approximate surface area is 99.2 Å². The van der Waals surface area contributed by atoms with Crippen molar-refractivity contribution in [2.24, 2.45) is 0 Å². The number of rotatable bonds is 2. The number of hydrogen-bond donors (Lipinski definition) is 0. The van der Waals surface area contributed by atoms with Crippen LogP contribution in [0.5, 0.6) is 0 Å². The number of thiazole rings is 1. The maximum absolute atomic E-state index is 11.8. The summed E-state index contributed by atoms with van der Waals surface area (Å²) < 4.78 is 5.23. The van der Waals surface area contributed by atoms with Crippen LogP contribution in [0.4, 0.5) is 9.93 Å². The third-order valence-corrected chi connectivity index (χ3v) is 2.31. The predicted octanol–water partition coefficient (Wildman–Crippen LogP) is 2.52. The van der Waals surface area contributed by atoms with E-state index >= 15 is 0 Å². The lowest BCUT2D eigenvalue weighted by Gasteiger charge is -2.24. The Morgan fingerprint density at radius 2 is 2.38 bits per heavy atom. The fourth-order valence-electron chi connectivity index (χ4n) is 0.968. The fourth-order valence-corrected chi connectivity index (χ4v) is 1.60.